The van der Waals surface area contributed by atoms with Crippen LogP contribution in [0, 0.1) is 0 Å². The summed E-state index contributed by atoms with van der Waals surface area (Å²) in [5.41, 5.74) is 0.568. The molecule has 0 amide bonds. The summed E-state index contributed by atoms with van der Waals surface area (Å²) in [7, 11) is -4.27. The molecule has 0 fully saturated rings. The third kappa shape index (κ3) is 5.92. The molecule has 0 saturated heterocycles. The average Bonchev–Trinajstić information content (AvgIpc) is 2.38. The second kappa shape index (κ2) is 8.27. The molecule has 1 aromatic rings. The lowest BCUT2D eigenvalue weighted by atomic mass is 10.0. The molecule has 0 aliphatic heterocycles. The summed E-state index contributed by atoms with van der Waals surface area (Å²) in [5.74, 6) is -0.152. The van der Waals surface area contributed by atoms with Gasteiger partial charge in [0.2, 0.25) is 0 Å². The van der Waals surface area contributed by atoms with Crippen LogP contribution in [0.2, 0.25) is 0 Å². The molecule has 0 atom stereocenters. The highest BCUT2D eigenvalue weighted by atomic mass is 32.2. The number of unbranched alkanes of at least 4 members (excludes halogenated alkanes) is 6. The van der Waals surface area contributed by atoms with Gasteiger partial charge in [0.15, 0.2) is 0 Å². The first kappa shape index (κ1) is 17.0. The number of phenolic OH excluding ortho intramolecular Hbond substituents is 1. The molecule has 5 heteroatoms. The Labute approximate surface area is 121 Å². The Morgan fingerprint density at radius 1 is 1.00 bits per heavy atom. The van der Waals surface area contributed by atoms with Gasteiger partial charge in [0.25, 0.3) is 10.1 Å². The average molecular weight is 300 g/mol. The number of aryl methyl sites for hydroxylation is 1. The predicted molar refractivity (Wildman–Crippen MR) is 79.6 cm³/mol. The molecule has 0 saturated carbocycles. The van der Waals surface area contributed by atoms with Gasteiger partial charge in [-0.1, -0.05) is 51.5 Å². The largest absolute Gasteiger partial charge is 0.508 e. The van der Waals surface area contributed by atoms with Gasteiger partial charge in [0.1, 0.15) is 10.6 Å². The van der Waals surface area contributed by atoms with E-state index in [1.54, 1.807) is 6.07 Å². The van der Waals surface area contributed by atoms with E-state index in [1.807, 2.05) is 0 Å². The van der Waals surface area contributed by atoms with Gasteiger partial charge in [-0.3, -0.25) is 4.55 Å². The van der Waals surface area contributed by atoms with Gasteiger partial charge in [0, 0.05) is 6.07 Å². The summed E-state index contributed by atoms with van der Waals surface area (Å²) in [6, 6.07) is 4.12. The quantitative estimate of drug-likeness (QED) is 0.535. The molecule has 114 valence electrons. The molecule has 0 aliphatic carbocycles. The van der Waals surface area contributed by atoms with Crippen molar-refractivity contribution in [3.8, 4) is 5.75 Å². The van der Waals surface area contributed by atoms with E-state index < -0.39 is 10.1 Å². The Morgan fingerprint density at radius 2 is 1.60 bits per heavy atom. The highest BCUT2D eigenvalue weighted by molar-refractivity contribution is 7.85. The van der Waals surface area contributed by atoms with Crippen LogP contribution in [0.15, 0.2) is 23.1 Å². The van der Waals surface area contributed by atoms with Crippen LogP contribution in [0.1, 0.15) is 57.4 Å². The van der Waals surface area contributed by atoms with Gasteiger partial charge in [-0.2, -0.15) is 8.42 Å². The monoisotopic (exact) mass is 300 g/mol. The maximum absolute atomic E-state index is 11.3. The summed E-state index contributed by atoms with van der Waals surface area (Å²) in [5, 5.41) is 9.32. The van der Waals surface area contributed by atoms with Gasteiger partial charge in [-0.15, -0.1) is 0 Å². The van der Waals surface area contributed by atoms with Crippen LogP contribution in [0.25, 0.3) is 0 Å². The molecule has 0 bridgehead atoms. The van der Waals surface area contributed by atoms with E-state index in [-0.39, 0.29) is 10.6 Å². The lowest BCUT2D eigenvalue weighted by Gasteiger charge is -2.07. The zero-order chi connectivity index (χ0) is 15.0. The van der Waals surface area contributed by atoms with Crippen molar-refractivity contribution < 1.29 is 18.1 Å². The molecule has 0 aromatic heterocycles. The fourth-order valence-corrected chi connectivity index (χ4v) is 3.03. The topological polar surface area (TPSA) is 74.6 Å². The Hall–Kier alpha value is -1.07. The Kier molecular flexibility index (Phi) is 7.02. The molecule has 0 spiro atoms. The number of phenols is 1. The smallest absolute Gasteiger partial charge is 0.294 e. The van der Waals surface area contributed by atoms with Crippen LogP contribution >= 0.6 is 0 Å². The highest BCUT2D eigenvalue weighted by Crippen LogP contribution is 2.23. The van der Waals surface area contributed by atoms with E-state index in [9.17, 15) is 13.5 Å². The second-order valence-electron chi connectivity index (χ2n) is 5.14. The van der Waals surface area contributed by atoms with Crippen LogP contribution in [0.4, 0.5) is 0 Å². The maximum Gasteiger partial charge on any atom is 0.294 e. The van der Waals surface area contributed by atoms with Crippen molar-refractivity contribution >= 4 is 10.1 Å². The second-order valence-corrected chi connectivity index (χ2v) is 6.53. The van der Waals surface area contributed by atoms with E-state index in [0.717, 1.165) is 25.3 Å². The molecular weight excluding hydrogens is 276 g/mol. The lowest BCUT2D eigenvalue weighted by molar-refractivity contribution is 0.464. The van der Waals surface area contributed by atoms with Gasteiger partial charge in [-0.25, -0.2) is 0 Å². The van der Waals surface area contributed by atoms with E-state index in [2.05, 4.69) is 6.92 Å². The summed E-state index contributed by atoms with van der Waals surface area (Å²) >= 11 is 0. The minimum Gasteiger partial charge on any atom is -0.508 e. The van der Waals surface area contributed by atoms with Crippen LogP contribution in [0.5, 0.6) is 5.75 Å². The first-order chi connectivity index (χ1) is 9.45. The molecule has 1 rings (SSSR count). The number of aromatic hydroxyl groups is 1. The Morgan fingerprint density at radius 3 is 2.20 bits per heavy atom. The zero-order valence-electron chi connectivity index (χ0n) is 12.0. The van der Waals surface area contributed by atoms with Crippen LogP contribution in [-0.4, -0.2) is 18.1 Å². The number of benzene rings is 1. The SMILES string of the molecule is CCCCCCCCCc1ccc(O)cc1S(=O)(=O)O. The first-order valence-electron chi connectivity index (χ1n) is 7.24. The molecule has 2 N–H and O–H groups in total. The molecular formula is C15H24O4S. The van der Waals surface area contributed by atoms with Crippen LogP contribution < -0.4 is 0 Å². The summed E-state index contributed by atoms with van der Waals surface area (Å²) in [6.07, 6.45) is 8.66. The van der Waals surface area contributed by atoms with Crippen molar-refractivity contribution in [2.24, 2.45) is 0 Å². The van der Waals surface area contributed by atoms with Gasteiger partial charge < -0.3 is 5.11 Å². The van der Waals surface area contributed by atoms with Crippen molar-refractivity contribution in [2.45, 2.75) is 63.2 Å². The van der Waals surface area contributed by atoms with Crippen molar-refractivity contribution in [3.05, 3.63) is 23.8 Å². The number of rotatable bonds is 9. The third-order valence-electron chi connectivity index (χ3n) is 3.38. The third-order valence-corrected chi connectivity index (χ3v) is 4.31. The minimum atomic E-state index is -4.27. The maximum atomic E-state index is 11.3. The molecule has 0 radical (unpaired) electrons. The van der Waals surface area contributed by atoms with E-state index >= 15 is 0 Å². The van der Waals surface area contributed by atoms with Gasteiger partial charge in [0.05, 0.1) is 0 Å². The van der Waals surface area contributed by atoms with Crippen molar-refractivity contribution in [1.29, 1.82) is 0 Å². The summed E-state index contributed by atoms with van der Waals surface area (Å²) in [4.78, 5) is -0.177. The Bertz CT molecular complexity index is 509. The predicted octanol–water partition coefficient (Wildman–Crippen LogP) is 3.93. The van der Waals surface area contributed by atoms with E-state index in [1.165, 1.54) is 31.7 Å². The van der Waals surface area contributed by atoms with Crippen molar-refractivity contribution in [3.63, 3.8) is 0 Å². The van der Waals surface area contributed by atoms with Crippen LogP contribution in [0.3, 0.4) is 0 Å². The van der Waals surface area contributed by atoms with Crippen molar-refractivity contribution in [1.82, 2.24) is 0 Å². The standard InChI is InChI=1S/C15H24O4S/c1-2-3-4-5-6-7-8-9-13-10-11-14(16)12-15(13)20(17,18)19/h10-12,16H,2-9H2,1H3,(H,17,18,19). The van der Waals surface area contributed by atoms with Crippen molar-refractivity contribution in [2.75, 3.05) is 0 Å². The lowest BCUT2D eigenvalue weighted by Crippen LogP contribution is -2.03. The Balaban J connectivity index is 2.48. The minimum absolute atomic E-state index is 0.152. The number of hydrogen-bond donors (Lipinski definition) is 2. The molecule has 0 unspecified atom stereocenters. The van der Waals surface area contributed by atoms with E-state index in [4.69, 9.17) is 4.55 Å². The summed E-state index contributed by atoms with van der Waals surface area (Å²) < 4.78 is 31.7. The first-order valence-corrected chi connectivity index (χ1v) is 8.68. The molecule has 20 heavy (non-hydrogen) atoms. The molecule has 0 aliphatic rings. The molecule has 1 aromatic carbocycles. The van der Waals surface area contributed by atoms with Crippen LogP contribution in [-0.2, 0) is 16.5 Å². The van der Waals surface area contributed by atoms with Gasteiger partial charge in [-0.05, 0) is 24.5 Å². The number of hydrogen-bond acceptors (Lipinski definition) is 3. The summed E-state index contributed by atoms with van der Waals surface area (Å²) in [6.45, 7) is 2.18. The zero-order valence-corrected chi connectivity index (χ0v) is 12.8. The highest BCUT2D eigenvalue weighted by Gasteiger charge is 2.15. The fraction of sp³-hybridized carbons (Fsp3) is 0.600. The van der Waals surface area contributed by atoms with E-state index in [0.29, 0.717) is 12.0 Å². The normalized spacial score (nSPS) is 11.7. The fourth-order valence-electron chi connectivity index (χ4n) is 2.26. The van der Waals surface area contributed by atoms with Gasteiger partial charge >= 0.3 is 0 Å². The molecule has 4 nitrogen and oxygen atoms in total. The molecule has 0 heterocycles.